The molecule has 0 saturated carbocycles. The predicted molar refractivity (Wildman–Crippen MR) is 111 cm³/mol. The third kappa shape index (κ3) is 4.07. The molecule has 1 N–H and O–H groups in total. The second-order valence-electron chi connectivity index (χ2n) is 8.39. The molecular formula is C23H23F2N5O. The summed E-state index contributed by atoms with van der Waals surface area (Å²) >= 11 is 0. The highest BCUT2D eigenvalue weighted by atomic mass is 19.1. The Balaban J connectivity index is 1.33. The predicted octanol–water partition coefficient (Wildman–Crippen LogP) is 2.93. The first-order chi connectivity index (χ1) is 15.0. The number of likely N-dealkylation sites (tertiary alicyclic amines) is 1. The van der Waals surface area contributed by atoms with Gasteiger partial charge in [-0.2, -0.15) is 5.10 Å². The lowest BCUT2D eigenvalue weighted by Crippen LogP contribution is -2.56. The molecule has 0 aliphatic carbocycles. The maximum absolute atomic E-state index is 14.0. The molecule has 2 aliphatic heterocycles. The number of rotatable bonds is 3. The summed E-state index contributed by atoms with van der Waals surface area (Å²) in [6, 6.07) is 13.0. The first-order valence-corrected chi connectivity index (χ1v) is 10.5. The lowest BCUT2D eigenvalue weighted by molar-refractivity contribution is -0.123. The summed E-state index contributed by atoms with van der Waals surface area (Å²) in [7, 11) is 0. The number of hydrogen-bond donors (Lipinski definition) is 1. The summed E-state index contributed by atoms with van der Waals surface area (Å²) in [5.41, 5.74) is 0.876. The molecule has 3 aromatic rings. The van der Waals surface area contributed by atoms with Gasteiger partial charge in [0.15, 0.2) is 5.82 Å². The number of halogens is 2. The van der Waals surface area contributed by atoms with Gasteiger partial charge in [-0.1, -0.05) is 30.3 Å². The maximum Gasteiger partial charge on any atom is 0.242 e. The Morgan fingerprint density at radius 1 is 1.06 bits per heavy atom. The number of amides is 1. The molecule has 2 aromatic carbocycles. The van der Waals surface area contributed by atoms with Crippen molar-refractivity contribution in [3.05, 3.63) is 71.6 Å². The van der Waals surface area contributed by atoms with E-state index in [9.17, 15) is 13.6 Å². The Labute approximate surface area is 178 Å². The van der Waals surface area contributed by atoms with Gasteiger partial charge in [0.05, 0.1) is 0 Å². The van der Waals surface area contributed by atoms with E-state index in [1.54, 1.807) is 22.9 Å². The summed E-state index contributed by atoms with van der Waals surface area (Å²) in [6.45, 7) is 2.15. The van der Waals surface area contributed by atoms with Crippen molar-refractivity contribution >= 4 is 5.91 Å². The van der Waals surface area contributed by atoms with Crippen molar-refractivity contribution in [1.82, 2.24) is 25.0 Å². The van der Waals surface area contributed by atoms with Crippen LogP contribution in [-0.2, 0) is 24.3 Å². The SMILES string of the molecule is O=C1Cn2nc(-c3cccc(F)c3)nc2CC2(CCN(Cc3ccccc3F)CC2)N1. The third-order valence-electron chi connectivity index (χ3n) is 6.19. The van der Waals surface area contributed by atoms with E-state index in [4.69, 9.17) is 0 Å². The van der Waals surface area contributed by atoms with Crippen LogP contribution in [0.15, 0.2) is 48.5 Å². The van der Waals surface area contributed by atoms with Crippen molar-refractivity contribution < 1.29 is 13.6 Å². The fourth-order valence-corrected chi connectivity index (χ4v) is 4.51. The minimum atomic E-state index is -0.399. The molecule has 2 aliphatic rings. The van der Waals surface area contributed by atoms with Gasteiger partial charge < -0.3 is 5.32 Å². The molecule has 0 atom stereocenters. The number of benzene rings is 2. The van der Waals surface area contributed by atoms with Gasteiger partial charge in [0.25, 0.3) is 0 Å². The lowest BCUT2D eigenvalue weighted by atomic mass is 9.84. The fraction of sp³-hybridized carbons (Fsp3) is 0.348. The molecule has 0 radical (unpaired) electrons. The first-order valence-electron chi connectivity index (χ1n) is 10.5. The third-order valence-corrected chi connectivity index (χ3v) is 6.19. The molecule has 160 valence electrons. The lowest BCUT2D eigenvalue weighted by Gasteiger charge is -2.41. The molecule has 3 heterocycles. The maximum atomic E-state index is 14.0. The van der Waals surface area contributed by atoms with Gasteiger partial charge >= 0.3 is 0 Å². The number of nitrogens with one attached hydrogen (secondary N) is 1. The topological polar surface area (TPSA) is 63.1 Å². The highest BCUT2D eigenvalue weighted by Crippen LogP contribution is 2.30. The van der Waals surface area contributed by atoms with Crippen LogP contribution in [0.4, 0.5) is 8.78 Å². The van der Waals surface area contributed by atoms with Crippen molar-refractivity contribution in [2.24, 2.45) is 0 Å². The highest BCUT2D eigenvalue weighted by Gasteiger charge is 2.40. The Kier molecular flexibility index (Phi) is 5.02. The summed E-state index contributed by atoms with van der Waals surface area (Å²) in [4.78, 5) is 19.5. The molecule has 1 saturated heterocycles. The zero-order valence-electron chi connectivity index (χ0n) is 17.0. The average Bonchev–Trinajstić information content (AvgIpc) is 3.07. The fourth-order valence-electron chi connectivity index (χ4n) is 4.51. The Hall–Kier alpha value is -3.13. The van der Waals surface area contributed by atoms with Crippen LogP contribution in [0.25, 0.3) is 11.4 Å². The Morgan fingerprint density at radius 3 is 2.65 bits per heavy atom. The molecule has 1 amide bonds. The largest absolute Gasteiger partial charge is 0.349 e. The summed E-state index contributed by atoms with van der Waals surface area (Å²) < 4.78 is 29.2. The molecule has 0 unspecified atom stereocenters. The van der Waals surface area contributed by atoms with E-state index in [1.165, 1.54) is 18.2 Å². The smallest absolute Gasteiger partial charge is 0.242 e. The van der Waals surface area contributed by atoms with E-state index in [0.29, 0.717) is 29.9 Å². The van der Waals surface area contributed by atoms with Gasteiger partial charge in [-0.25, -0.2) is 18.4 Å². The van der Waals surface area contributed by atoms with Crippen molar-refractivity contribution in [3.63, 3.8) is 0 Å². The van der Waals surface area contributed by atoms with Crippen LogP contribution in [0.3, 0.4) is 0 Å². The van der Waals surface area contributed by atoms with E-state index >= 15 is 0 Å². The van der Waals surface area contributed by atoms with Crippen molar-refractivity contribution in [2.45, 2.75) is 37.9 Å². The van der Waals surface area contributed by atoms with E-state index in [-0.39, 0.29) is 24.1 Å². The summed E-state index contributed by atoms with van der Waals surface area (Å²) in [5, 5.41) is 7.65. The molecule has 1 fully saturated rings. The summed E-state index contributed by atoms with van der Waals surface area (Å²) in [5.74, 6) is 0.510. The van der Waals surface area contributed by atoms with Crippen molar-refractivity contribution in [2.75, 3.05) is 13.1 Å². The van der Waals surface area contributed by atoms with Crippen LogP contribution in [0.1, 0.15) is 24.2 Å². The van der Waals surface area contributed by atoms with E-state index in [0.717, 1.165) is 31.8 Å². The van der Waals surface area contributed by atoms with E-state index in [2.05, 4.69) is 20.3 Å². The molecule has 0 bridgehead atoms. The van der Waals surface area contributed by atoms with Crippen LogP contribution in [0.2, 0.25) is 0 Å². The zero-order valence-corrected chi connectivity index (χ0v) is 17.0. The second-order valence-corrected chi connectivity index (χ2v) is 8.39. The molecular weight excluding hydrogens is 400 g/mol. The summed E-state index contributed by atoms with van der Waals surface area (Å²) in [6.07, 6.45) is 2.05. The van der Waals surface area contributed by atoms with Crippen LogP contribution in [0.5, 0.6) is 0 Å². The number of piperidine rings is 1. The molecule has 1 spiro atoms. The Morgan fingerprint density at radius 2 is 1.87 bits per heavy atom. The van der Waals surface area contributed by atoms with Gasteiger partial charge in [-0.15, -0.1) is 0 Å². The molecule has 1 aromatic heterocycles. The van der Waals surface area contributed by atoms with Gasteiger partial charge in [-0.3, -0.25) is 9.69 Å². The van der Waals surface area contributed by atoms with E-state index in [1.807, 2.05) is 12.1 Å². The number of fused-ring (bicyclic) bond motifs is 1. The molecule has 8 heteroatoms. The zero-order chi connectivity index (χ0) is 21.4. The van der Waals surface area contributed by atoms with Crippen LogP contribution in [-0.4, -0.2) is 44.2 Å². The number of carbonyl (C=O) groups is 1. The standard InChI is InChI=1S/C23H23F2N5O/c24-18-6-3-5-16(12-18)22-26-20-13-23(27-21(31)15-30(20)28-22)8-10-29(11-9-23)14-17-4-1-2-7-19(17)25/h1-7,12H,8-11,13-15H2,(H,27,31). The van der Waals surface area contributed by atoms with Gasteiger partial charge in [0, 0.05) is 42.7 Å². The first kappa shape index (κ1) is 19.8. The van der Waals surface area contributed by atoms with Crippen molar-refractivity contribution in [1.29, 1.82) is 0 Å². The number of nitrogens with zero attached hydrogens (tertiary/aromatic N) is 4. The number of hydrogen-bond acceptors (Lipinski definition) is 4. The van der Waals surface area contributed by atoms with Gasteiger partial charge in [0.1, 0.15) is 24.0 Å². The van der Waals surface area contributed by atoms with Gasteiger partial charge in [-0.05, 0) is 31.0 Å². The minimum absolute atomic E-state index is 0.0956. The minimum Gasteiger partial charge on any atom is -0.349 e. The molecule has 31 heavy (non-hydrogen) atoms. The van der Waals surface area contributed by atoms with Crippen LogP contribution in [0, 0.1) is 11.6 Å². The van der Waals surface area contributed by atoms with Crippen molar-refractivity contribution in [3.8, 4) is 11.4 Å². The number of carbonyl (C=O) groups excluding carboxylic acids is 1. The molecule has 6 nitrogen and oxygen atoms in total. The Bertz CT molecular complexity index is 1120. The van der Waals surface area contributed by atoms with Gasteiger partial charge in [0.2, 0.25) is 5.91 Å². The highest BCUT2D eigenvalue weighted by molar-refractivity contribution is 5.77. The second kappa shape index (κ2) is 7.85. The van der Waals surface area contributed by atoms with Crippen LogP contribution < -0.4 is 5.32 Å². The monoisotopic (exact) mass is 423 g/mol. The van der Waals surface area contributed by atoms with E-state index < -0.39 is 5.54 Å². The quantitative estimate of drug-likeness (QED) is 0.704. The normalized spacial score (nSPS) is 18.5. The number of aromatic nitrogens is 3. The van der Waals surface area contributed by atoms with Crippen LogP contribution >= 0.6 is 0 Å². The average molecular weight is 423 g/mol. The molecule has 5 rings (SSSR count).